The molecule has 0 saturated heterocycles. The van der Waals surface area contributed by atoms with Gasteiger partial charge in [0.25, 0.3) is 5.91 Å². The maximum absolute atomic E-state index is 12.6. The molecule has 1 fully saturated rings. The van der Waals surface area contributed by atoms with E-state index in [1.807, 2.05) is 60.7 Å². The van der Waals surface area contributed by atoms with Gasteiger partial charge in [-0.15, -0.1) is 0 Å². The van der Waals surface area contributed by atoms with Crippen molar-refractivity contribution in [1.29, 1.82) is 0 Å². The lowest BCUT2D eigenvalue weighted by molar-refractivity contribution is -0.127. The molecule has 0 atom stereocenters. The Morgan fingerprint density at radius 2 is 1.61 bits per heavy atom. The van der Waals surface area contributed by atoms with E-state index in [1.54, 1.807) is 4.90 Å². The van der Waals surface area contributed by atoms with E-state index in [9.17, 15) is 14.7 Å². The van der Waals surface area contributed by atoms with Crippen LogP contribution in [0.1, 0.15) is 30.0 Å². The normalized spacial score (nSPS) is 14.0. The van der Waals surface area contributed by atoms with Gasteiger partial charge < -0.3 is 10.0 Å². The summed E-state index contributed by atoms with van der Waals surface area (Å²) in [7, 11) is 0. The van der Waals surface area contributed by atoms with Crippen molar-refractivity contribution >= 4 is 11.7 Å². The highest BCUT2D eigenvalue weighted by Crippen LogP contribution is 2.28. The van der Waals surface area contributed by atoms with E-state index in [-0.39, 0.29) is 18.0 Å². The molecular formula is C23H24N2O3. The predicted octanol–water partition coefficient (Wildman–Crippen LogP) is 3.51. The summed E-state index contributed by atoms with van der Waals surface area (Å²) in [6.45, 7) is 3.63. The number of carbonyl (C=O) groups excluding carboxylic acids is 2. The molecule has 0 unspecified atom stereocenters. The Morgan fingerprint density at radius 3 is 2.07 bits per heavy atom. The van der Waals surface area contributed by atoms with Gasteiger partial charge in [-0.1, -0.05) is 67.2 Å². The first-order chi connectivity index (χ1) is 13.6. The number of ketones is 1. The number of benzene rings is 2. The summed E-state index contributed by atoms with van der Waals surface area (Å²) in [6, 6.07) is 20.1. The first-order valence-electron chi connectivity index (χ1n) is 9.31. The quantitative estimate of drug-likeness (QED) is 0.399. The van der Waals surface area contributed by atoms with Crippen LogP contribution in [0.3, 0.4) is 0 Å². The Hall–Kier alpha value is -3.18. The standard InChI is InChI=1S/C23H24N2O3/c1-2-20(26)21(27)15-22(28)25(19-13-14-19)16-24-23(17-9-5-3-6-10-17)18-11-7-4-8-12-18/h2-12,15,19,23-24,27H,1,13-14,16H2/b21-15-. The number of amides is 1. The molecule has 144 valence electrons. The monoisotopic (exact) mass is 376 g/mol. The average molecular weight is 376 g/mol. The van der Waals surface area contributed by atoms with E-state index < -0.39 is 11.5 Å². The molecule has 3 rings (SSSR count). The zero-order chi connectivity index (χ0) is 19.9. The lowest BCUT2D eigenvalue weighted by Gasteiger charge is -2.26. The van der Waals surface area contributed by atoms with Crippen LogP contribution >= 0.6 is 0 Å². The van der Waals surface area contributed by atoms with Gasteiger partial charge >= 0.3 is 0 Å². The van der Waals surface area contributed by atoms with Crippen molar-refractivity contribution in [2.24, 2.45) is 0 Å². The van der Waals surface area contributed by atoms with E-state index in [2.05, 4.69) is 11.9 Å². The number of nitrogens with one attached hydrogen (secondary N) is 1. The van der Waals surface area contributed by atoms with Crippen LogP contribution in [0.2, 0.25) is 0 Å². The highest BCUT2D eigenvalue weighted by molar-refractivity contribution is 6.05. The van der Waals surface area contributed by atoms with Crippen LogP contribution in [0.4, 0.5) is 0 Å². The van der Waals surface area contributed by atoms with Gasteiger partial charge in [-0.05, 0) is 30.0 Å². The van der Waals surface area contributed by atoms with Crippen LogP contribution in [-0.2, 0) is 9.59 Å². The molecule has 28 heavy (non-hydrogen) atoms. The molecule has 1 amide bonds. The van der Waals surface area contributed by atoms with E-state index in [1.165, 1.54) is 0 Å². The molecule has 2 aromatic rings. The van der Waals surface area contributed by atoms with Crippen LogP contribution in [0, 0.1) is 0 Å². The summed E-state index contributed by atoms with van der Waals surface area (Å²) in [5.41, 5.74) is 2.19. The Labute approximate surface area is 165 Å². The molecular weight excluding hydrogens is 352 g/mol. The summed E-state index contributed by atoms with van der Waals surface area (Å²) in [6.07, 6.45) is 3.79. The highest BCUT2D eigenvalue weighted by Gasteiger charge is 2.32. The number of hydrogen-bond donors (Lipinski definition) is 2. The third-order valence-corrected chi connectivity index (χ3v) is 4.70. The number of allylic oxidation sites excluding steroid dienone is 1. The first kappa shape index (κ1) is 19.6. The average Bonchev–Trinajstić information content (AvgIpc) is 3.56. The highest BCUT2D eigenvalue weighted by atomic mass is 16.3. The van der Waals surface area contributed by atoms with Crippen LogP contribution in [0.25, 0.3) is 0 Å². The number of hydrogen-bond acceptors (Lipinski definition) is 4. The summed E-state index contributed by atoms with van der Waals surface area (Å²) >= 11 is 0. The van der Waals surface area contributed by atoms with Gasteiger partial charge in [0.15, 0.2) is 5.76 Å². The molecule has 0 spiro atoms. The molecule has 1 aliphatic carbocycles. The van der Waals surface area contributed by atoms with Crippen LogP contribution in [0.15, 0.2) is 85.2 Å². The summed E-state index contributed by atoms with van der Waals surface area (Å²) in [5.74, 6) is -1.64. The van der Waals surface area contributed by atoms with Gasteiger partial charge in [-0.2, -0.15) is 0 Å². The van der Waals surface area contributed by atoms with Crippen LogP contribution in [-0.4, -0.2) is 34.4 Å². The smallest absolute Gasteiger partial charge is 0.251 e. The minimum atomic E-state index is -0.663. The fourth-order valence-electron chi connectivity index (χ4n) is 3.06. The molecule has 1 aliphatic rings. The van der Waals surface area contributed by atoms with Gasteiger partial charge in [0, 0.05) is 12.1 Å². The third kappa shape index (κ3) is 4.96. The Kier molecular flexibility index (Phi) is 6.40. The Bertz CT molecular complexity index is 818. The molecule has 2 N–H and O–H groups in total. The lowest BCUT2D eigenvalue weighted by atomic mass is 9.99. The fraction of sp³-hybridized carbons (Fsp3) is 0.217. The van der Waals surface area contributed by atoms with Crippen molar-refractivity contribution in [3.8, 4) is 0 Å². The second-order valence-electron chi connectivity index (χ2n) is 6.75. The topological polar surface area (TPSA) is 69.6 Å². The van der Waals surface area contributed by atoms with E-state index >= 15 is 0 Å². The van der Waals surface area contributed by atoms with Crippen molar-refractivity contribution in [3.05, 3.63) is 96.3 Å². The largest absolute Gasteiger partial charge is 0.504 e. The molecule has 5 nitrogen and oxygen atoms in total. The number of carbonyl (C=O) groups is 2. The van der Waals surface area contributed by atoms with Crippen LogP contribution < -0.4 is 5.32 Å². The molecule has 2 aromatic carbocycles. The van der Waals surface area contributed by atoms with Gasteiger partial charge in [0.1, 0.15) is 0 Å². The van der Waals surface area contributed by atoms with Crippen molar-refractivity contribution in [2.45, 2.75) is 24.9 Å². The number of aliphatic hydroxyl groups excluding tert-OH is 1. The van der Waals surface area contributed by atoms with Gasteiger partial charge in [-0.3, -0.25) is 14.9 Å². The SMILES string of the molecule is C=CC(=O)/C(O)=C/C(=O)N(CNC(c1ccccc1)c1ccccc1)C1CC1. The van der Waals surface area contributed by atoms with E-state index in [0.717, 1.165) is 36.1 Å². The molecule has 0 heterocycles. The maximum atomic E-state index is 12.6. The minimum Gasteiger partial charge on any atom is -0.504 e. The zero-order valence-electron chi connectivity index (χ0n) is 15.6. The van der Waals surface area contributed by atoms with E-state index in [4.69, 9.17) is 0 Å². The third-order valence-electron chi connectivity index (χ3n) is 4.70. The summed E-state index contributed by atoms with van der Waals surface area (Å²) in [4.78, 5) is 25.7. The summed E-state index contributed by atoms with van der Waals surface area (Å²) < 4.78 is 0. The van der Waals surface area contributed by atoms with Gasteiger partial charge in [-0.25, -0.2) is 0 Å². The Balaban J connectivity index is 1.78. The summed E-state index contributed by atoms with van der Waals surface area (Å²) in [5, 5.41) is 13.2. The first-order valence-corrected chi connectivity index (χ1v) is 9.31. The van der Waals surface area contributed by atoms with Crippen molar-refractivity contribution < 1.29 is 14.7 Å². The Morgan fingerprint density at radius 1 is 1.07 bits per heavy atom. The van der Waals surface area contributed by atoms with Crippen molar-refractivity contribution in [2.75, 3.05) is 6.67 Å². The molecule has 0 radical (unpaired) electrons. The van der Waals surface area contributed by atoms with Gasteiger partial charge in [0.2, 0.25) is 5.78 Å². The number of rotatable bonds is 9. The molecule has 0 aliphatic heterocycles. The van der Waals surface area contributed by atoms with Crippen molar-refractivity contribution in [3.63, 3.8) is 0 Å². The number of aliphatic hydroxyl groups is 1. The van der Waals surface area contributed by atoms with E-state index in [0.29, 0.717) is 6.67 Å². The molecule has 1 saturated carbocycles. The second kappa shape index (κ2) is 9.15. The zero-order valence-corrected chi connectivity index (χ0v) is 15.6. The molecule has 0 bridgehead atoms. The molecule has 0 aromatic heterocycles. The van der Waals surface area contributed by atoms with Gasteiger partial charge in [0.05, 0.1) is 12.7 Å². The van der Waals surface area contributed by atoms with Crippen molar-refractivity contribution in [1.82, 2.24) is 10.2 Å². The second-order valence-corrected chi connectivity index (χ2v) is 6.75. The maximum Gasteiger partial charge on any atom is 0.251 e. The lowest BCUT2D eigenvalue weighted by Crippen LogP contribution is -2.41. The fourth-order valence-corrected chi connectivity index (χ4v) is 3.06. The number of nitrogens with zero attached hydrogens (tertiary/aromatic N) is 1. The van der Waals surface area contributed by atoms with Crippen LogP contribution in [0.5, 0.6) is 0 Å². The predicted molar refractivity (Wildman–Crippen MR) is 109 cm³/mol. The molecule has 5 heteroatoms. The minimum absolute atomic E-state index is 0.0798.